The van der Waals surface area contributed by atoms with Crippen molar-refractivity contribution in [3.05, 3.63) is 95.0 Å². The van der Waals surface area contributed by atoms with Crippen molar-refractivity contribution in [3.8, 4) is 11.1 Å². The van der Waals surface area contributed by atoms with Crippen LogP contribution in [0.2, 0.25) is 5.02 Å². The van der Waals surface area contributed by atoms with E-state index in [2.05, 4.69) is 70.9 Å². The Morgan fingerprint density at radius 2 is 1.57 bits per heavy atom. The molecule has 0 radical (unpaired) electrons. The van der Waals surface area contributed by atoms with Gasteiger partial charge in [0.25, 0.3) is 0 Å². The number of rotatable bonds is 4. The van der Waals surface area contributed by atoms with Crippen LogP contribution in [0.4, 0.5) is 0 Å². The lowest BCUT2D eigenvalue weighted by molar-refractivity contribution is 0.193. The van der Waals surface area contributed by atoms with Crippen molar-refractivity contribution in [2.24, 2.45) is 0 Å². The van der Waals surface area contributed by atoms with Gasteiger partial charge in [-0.1, -0.05) is 98.2 Å². The Hall–Kier alpha value is -2.13. The average molecular weight is 393 g/mol. The molecule has 2 nitrogen and oxygen atoms in total. The molecule has 28 heavy (non-hydrogen) atoms. The monoisotopic (exact) mass is 392 g/mol. The maximum absolute atomic E-state index is 6.31. The summed E-state index contributed by atoms with van der Waals surface area (Å²) in [6, 6.07) is 27.9. The van der Waals surface area contributed by atoms with Gasteiger partial charge in [0.05, 0.1) is 0 Å². The van der Waals surface area contributed by atoms with E-state index in [4.69, 9.17) is 11.6 Å². The fourth-order valence-electron chi connectivity index (χ4n) is 3.61. The highest BCUT2D eigenvalue weighted by atomic mass is 35.5. The highest BCUT2D eigenvalue weighted by Gasteiger charge is 2.20. The van der Waals surface area contributed by atoms with Gasteiger partial charge in [0.15, 0.2) is 0 Å². The number of hydrogen-bond donors (Lipinski definition) is 1. The molecule has 0 aromatic heterocycles. The minimum Gasteiger partial charge on any atom is -0.308 e. The molecular weight excluding hydrogens is 364 g/mol. The maximum Gasteiger partial charge on any atom is 0.0484 e. The molecule has 0 amide bonds. The van der Waals surface area contributed by atoms with E-state index in [0.717, 1.165) is 36.8 Å². The number of hydrogen-bond acceptors (Lipinski definition) is 2. The highest BCUT2D eigenvalue weighted by Crippen LogP contribution is 2.28. The van der Waals surface area contributed by atoms with Gasteiger partial charge in [-0.25, -0.2) is 0 Å². The van der Waals surface area contributed by atoms with Crippen molar-refractivity contribution in [3.63, 3.8) is 0 Å². The Balaban J connectivity index is 0.00000109. The van der Waals surface area contributed by atoms with Crippen LogP contribution in [0.15, 0.2) is 78.9 Å². The van der Waals surface area contributed by atoms with Gasteiger partial charge in [0.2, 0.25) is 0 Å². The van der Waals surface area contributed by atoms with Crippen LogP contribution < -0.4 is 5.32 Å². The summed E-state index contributed by atoms with van der Waals surface area (Å²) in [7, 11) is 0. The molecule has 1 fully saturated rings. The quantitative estimate of drug-likeness (QED) is 0.570. The first-order valence-corrected chi connectivity index (χ1v) is 10.5. The lowest BCUT2D eigenvalue weighted by Gasteiger charge is -2.34. The predicted molar refractivity (Wildman–Crippen MR) is 121 cm³/mol. The number of nitrogens with one attached hydrogen (secondary N) is 1. The van der Waals surface area contributed by atoms with Gasteiger partial charge in [0.1, 0.15) is 0 Å². The maximum atomic E-state index is 6.31. The van der Waals surface area contributed by atoms with Crippen LogP contribution in [0.5, 0.6) is 0 Å². The molecule has 1 aliphatic rings. The third-order valence-electron chi connectivity index (χ3n) is 5.01. The fourth-order valence-corrected chi connectivity index (χ4v) is 3.85. The third-order valence-corrected chi connectivity index (χ3v) is 5.34. The van der Waals surface area contributed by atoms with Crippen LogP contribution in [0.1, 0.15) is 31.0 Å². The van der Waals surface area contributed by atoms with Gasteiger partial charge in [-0.3, -0.25) is 4.90 Å². The van der Waals surface area contributed by atoms with Crippen molar-refractivity contribution < 1.29 is 0 Å². The molecule has 0 bridgehead atoms. The summed E-state index contributed by atoms with van der Waals surface area (Å²) in [4.78, 5) is 2.53. The first kappa shape index (κ1) is 20.6. The van der Waals surface area contributed by atoms with Gasteiger partial charge in [-0.05, 0) is 22.8 Å². The number of piperazine rings is 1. The van der Waals surface area contributed by atoms with Crippen molar-refractivity contribution in [2.75, 3.05) is 19.6 Å². The fraction of sp³-hybridized carbons (Fsp3) is 0.280. The van der Waals surface area contributed by atoms with E-state index in [1.807, 2.05) is 32.0 Å². The van der Waals surface area contributed by atoms with E-state index in [1.54, 1.807) is 0 Å². The lowest BCUT2D eigenvalue weighted by Crippen LogP contribution is -2.45. The van der Waals surface area contributed by atoms with Crippen LogP contribution in [0.3, 0.4) is 0 Å². The normalized spacial score (nSPS) is 16.9. The highest BCUT2D eigenvalue weighted by molar-refractivity contribution is 6.33. The van der Waals surface area contributed by atoms with Crippen LogP contribution in [0.25, 0.3) is 11.1 Å². The summed E-state index contributed by atoms with van der Waals surface area (Å²) in [5, 5.41) is 4.43. The molecule has 1 unspecified atom stereocenters. The van der Waals surface area contributed by atoms with Crippen LogP contribution in [0, 0.1) is 0 Å². The van der Waals surface area contributed by atoms with E-state index in [-0.39, 0.29) is 0 Å². The molecule has 1 atom stereocenters. The zero-order valence-electron chi connectivity index (χ0n) is 16.7. The predicted octanol–water partition coefficient (Wildman–Crippen LogP) is 6.18. The Kier molecular flexibility index (Phi) is 7.67. The third kappa shape index (κ3) is 5.23. The number of nitrogens with zero attached hydrogens (tertiary/aromatic N) is 1. The molecule has 3 aromatic rings. The molecule has 1 aliphatic heterocycles. The molecule has 3 aromatic carbocycles. The van der Waals surface area contributed by atoms with Crippen molar-refractivity contribution in [1.29, 1.82) is 0 Å². The second-order valence-corrected chi connectivity index (χ2v) is 7.24. The molecule has 3 heteroatoms. The summed E-state index contributed by atoms with van der Waals surface area (Å²) < 4.78 is 0. The Bertz CT molecular complexity index is 846. The summed E-state index contributed by atoms with van der Waals surface area (Å²) in [5.41, 5.74) is 4.97. The van der Waals surface area contributed by atoms with Crippen LogP contribution >= 0.6 is 11.6 Å². The van der Waals surface area contributed by atoms with E-state index < -0.39 is 0 Å². The van der Waals surface area contributed by atoms with Gasteiger partial charge in [0, 0.05) is 42.8 Å². The van der Waals surface area contributed by atoms with Crippen molar-refractivity contribution in [1.82, 2.24) is 10.2 Å². The summed E-state index contributed by atoms with van der Waals surface area (Å²) in [6.45, 7) is 8.12. The molecule has 0 spiro atoms. The first-order valence-electron chi connectivity index (χ1n) is 10.1. The average Bonchev–Trinajstić information content (AvgIpc) is 2.77. The molecule has 1 saturated heterocycles. The summed E-state index contributed by atoms with van der Waals surface area (Å²) >= 11 is 6.31. The zero-order chi connectivity index (χ0) is 19.8. The van der Waals surface area contributed by atoms with Crippen molar-refractivity contribution in [2.45, 2.75) is 26.4 Å². The molecule has 4 rings (SSSR count). The smallest absolute Gasteiger partial charge is 0.0484 e. The number of halogens is 1. The van der Waals surface area contributed by atoms with Crippen LogP contribution in [-0.2, 0) is 6.54 Å². The molecule has 1 N–H and O–H groups in total. The molecule has 0 aliphatic carbocycles. The van der Waals surface area contributed by atoms with E-state index in [9.17, 15) is 0 Å². The van der Waals surface area contributed by atoms with Gasteiger partial charge in [-0.2, -0.15) is 0 Å². The zero-order valence-corrected chi connectivity index (χ0v) is 17.5. The first-order chi connectivity index (χ1) is 13.8. The van der Waals surface area contributed by atoms with Crippen molar-refractivity contribution >= 4 is 11.6 Å². The van der Waals surface area contributed by atoms with Crippen LogP contribution in [-0.4, -0.2) is 24.5 Å². The molecular formula is C25H29ClN2. The second kappa shape index (κ2) is 10.4. The Morgan fingerprint density at radius 1 is 0.893 bits per heavy atom. The molecule has 1 heterocycles. The topological polar surface area (TPSA) is 15.3 Å². The molecule has 146 valence electrons. The standard InChI is InChI=1S/C23H23ClN2.C2H6/c24-22-9-5-4-8-21(22)19-12-10-18(11-13-19)16-26-15-14-25-23(17-26)20-6-2-1-3-7-20;1-2/h1-13,23,25H,14-17H2;1-2H3. The largest absolute Gasteiger partial charge is 0.308 e. The van der Waals surface area contributed by atoms with E-state index in [1.165, 1.54) is 16.7 Å². The van der Waals surface area contributed by atoms with Gasteiger partial charge >= 0.3 is 0 Å². The molecule has 0 saturated carbocycles. The minimum atomic E-state index is 0.410. The Morgan fingerprint density at radius 3 is 2.29 bits per heavy atom. The summed E-state index contributed by atoms with van der Waals surface area (Å²) in [5.74, 6) is 0. The summed E-state index contributed by atoms with van der Waals surface area (Å²) in [6.07, 6.45) is 0. The second-order valence-electron chi connectivity index (χ2n) is 6.83. The number of benzene rings is 3. The van der Waals surface area contributed by atoms with E-state index >= 15 is 0 Å². The van der Waals surface area contributed by atoms with Gasteiger partial charge in [-0.15, -0.1) is 0 Å². The van der Waals surface area contributed by atoms with Gasteiger partial charge < -0.3 is 5.32 Å². The lowest BCUT2D eigenvalue weighted by atomic mass is 10.0. The SMILES string of the molecule is CC.Clc1ccccc1-c1ccc(CN2CCNC(c3ccccc3)C2)cc1. The minimum absolute atomic E-state index is 0.410. The van der Waals surface area contributed by atoms with E-state index in [0.29, 0.717) is 6.04 Å². The Labute approximate surface area is 174 Å².